The molecule has 0 bridgehead atoms. The van der Waals surface area contributed by atoms with E-state index in [4.69, 9.17) is 4.74 Å². The molecule has 1 unspecified atom stereocenters. The molecule has 1 fully saturated rings. The van der Waals surface area contributed by atoms with Gasteiger partial charge in [-0.25, -0.2) is 0 Å². The molecular weight excluding hydrogens is 254 g/mol. The summed E-state index contributed by atoms with van der Waals surface area (Å²) in [5.41, 5.74) is 1.48. The van der Waals surface area contributed by atoms with Crippen LogP contribution in [-0.4, -0.2) is 47.3 Å². The second-order valence-electron chi connectivity index (χ2n) is 5.92. The van der Waals surface area contributed by atoms with Crippen LogP contribution in [0.5, 0.6) is 0 Å². The van der Waals surface area contributed by atoms with Gasteiger partial charge in [-0.3, -0.25) is 4.79 Å². The third-order valence-corrected chi connectivity index (χ3v) is 3.58. The molecule has 4 heteroatoms. The molecule has 20 heavy (non-hydrogen) atoms. The monoisotopic (exact) mass is 277 g/mol. The molecule has 4 nitrogen and oxygen atoms in total. The minimum atomic E-state index is -0.426. The first-order valence-electron chi connectivity index (χ1n) is 7.12. The number of hydrogen-bond donors (Lipinski definition) is 1. The number of carbonyl (C=O) groups excluding carboxylic acids is 1. The van der Waals surface area contributed by atoms with Gasteiger partial charge < -0.3 is 14.7 Å². The molecular formula is C16H23NO3. The first kappa shape index (κ1) is 15.0. The van der Waals surface area contributed by atoms with Crippen molar-refractivity contribution >= 4 is 5.91 Å². The topological polar surface area (TPSA) is 49.8 Å². The number of aliphatic hydroxyl groups excluding tert-OH is 1. The maximum atomic E-state index is 12.5. The minimum Gasteiger partial charge on any atom is -0.394 e. The summed E-state index contributed by atoms with van der Waals surface area (Å²) in [5, 5.41) is 9.30. The minimum absolute atomic E-state index is 0.00229. The van der Waals surface area contributed by atoms with Crippen LogP contribution in [-0.2, 0) is 11.2 Å². The lowest BCUT2D eigenvalue weighted by Gasteiger charge is -2.42. The van der Waals surface area contributed by atoms with Gasteiger partial charge in [0.25, 0.3) is 5.91 Å². The Hall–Kier alpha value is -1.39. The molecule has 1 N–H and O–H groups in total. The summed E-state index contributed by atoms with van der Waals surface area (Å²) in [6.45, 7) is 6.88. The average Bonchev–Trinajstić information content (AvgIpc) is 2.44. The summed E-state index contributed by atoms with van der Waals surface area (Å²) in [6, 6.07) is 7.72. The highest BCUT2D eigenvalue weighted by atomic mass is 16.5. The highest BCUT2D eigenvalue weighted by Gasteiger charge is 2.35. The van der Waals surface area contributed by atoms with Crippen LogP contribution in [0, 0.1) is 0 Å². The standard InChI is InChI=1S/C16H23NO3/c1-4-12-5-7-13(8-6-12)15(19)17-9-14(10-18)20-16(2,3)11-17/h5-8,14,18H,4,9-11H2,1-3H3. The molecule has 1 aromatic carbocycles. The number of aliphatic hydroxyl groups is 1. The van der Waals surface area contributed by atoms with Crippen LogP contribution in [0.2, 0.25) is 0 Å². The molecule has 1 aliphatic rings. The van der Waals surface area contributed by atoms with E-state index >= 15 is 0 Å². The van der Waals surface area contributed by atoms with Crippen LogP contribution in [0.15, 0.2) is 24.3 Å². The fraction of sp³-hybridized carbons (Fsp3) is 0.562. The third kappa shape index (κ3) is 3.38. The Labute approximate surface area is 120 Å². The van der Waals surface area contributed by atoms with Gasteiger partial charge in [0.15, 0.2) is 0 Å². The van der Waals surface area contributed by atoms with E-state index in [2.05, 4.69) is 6.92 Å². The van der Waals surface area contributed by atoms with Crippen LogP contribution in [0.4, 0.5) is 0 Å². The lowest BCUT2D eigenvalue weighted by atomic mass is 10.0. The first-order chi connectivity index (χ1) is 9.45. The SMILES string of the molecule is CCc1ccc(C(=O)N2CC(CO)OC(C)(C)C2)cc1. The molecule has 0 radical (unpaired) electrons. The van der Waals surface area contributed by atoms with Crippen molar-refractivity contribution in [3.63, 3.8) is 0 Å². The fourth-order valence-corrected chi connectivity index (χ4v) is 2.61. The molecule has 1 heterocycles. The number of rotatable bonds is 3. The summed E-state index contributed by atoms with van der Waals surface area (Å²) in [4.78, 5) is 14.3. The van der Waals surface area contributed by atoms with Crippen LogP contribution in [0.25, 0.3) is 0 Å². The lowest BCUT2D eigenvalue weighted by Crippen LogP contribution is -2.55. The number of amides is 1. The smallest absolute Gasteiger partial charge is 0.254 e. The van der Waals surface area contributed by atoms with Gasteiger partial charge in [-0.1, -0.05) is 19.1 Å². The Morgan fingerprint density at radius 2 is 2.05 bits per heavy atom. The van der Waals surface area contributed by atoms with Gasteiger partial charge in [-0.05, 0) is 38.0 Å². The molecule has 1 aromatic rings. The number of hydrogen-bond acceptors (Lipinski definition) is 3. The molecule has 0 spiro atoms. The summed E-state index contributed by atoms with van der Waals surface area (Å²) in [7, 11) is 0. The van der Waals surface area contributed by atoms with Crippen LogP contribution in [0.3, 0.4) is 0 Å². The molecule has 0 aromatic heterocycles. The Bertz CT molecular complexity index is 467. The Morgan fingerprint density at radius 1 is 1.40 bits per heavy atom. The lowest BCUT2D eigenvalue weighted by molar-refractivity contribution is -0.139. The van der Waals surface area contributed by atoms with Crippen molar-refractivity contribution < 1.29 is 14.6 Å². The number of aryl methyl sites for hydroxylation is 1. The highest BCUT2D eigenvalue weighted by Crippen LogP contribution is 2.22. The molecule has 110 valence electrons. The zero-order valence-corrected chi connectivity index (χ0v) is 12.4. The summed E-state index contributed by atoms with van der Waals surface area (Å²) < 4.78 is 5.73. The summed E-state index contributed by atoms with van der Waals surface area (Å²) >= 11 is 0. The molecule has 0 saturated carbocycles. The second kappa shape index (κ2) is 5.94. The van der Waals surface area contributed by atoms with Gasteiger partial charge in [-0.15, -0.1) is 0 Å². The number of benzene rings is 1. The van der Waals surface area contributed by atoms with E-state index in [9.17, 15) is 9.90 Å². The Kier molecular flexibility index (Phi) is 4.45. The Morgan fingerprint density at radius 3 is 2.60 bits per heavy atom. The van der Waals surface area contributed by atoms with Crippen molar-refractivity contribution in [3.05, 3.63) is 35.4 Å². The second-order valence-corrected chi connectivity index (χ2v) is 5.92. The van der Waals surface area contributed by atoms with Crippen molar-refractivity contribution in [2.45, 2.75) is 38.9 Å². The van der Waals surface area contributed by atoms with Crippen molar-refractivity contribution in [1.82, 2.24) is 4.90 Å². The molecule has 1 atom stereocenters. The predicted octanol–water partition coefficient (Wildman–Crippen LogP) is 1.86. The maximum Gasteiger partial charge on any atom is 0.254 e. The van der Waals surface area contributed by atoms with Crippen LogP contribution >= 0.6 is 0 Å². The third-order valence-electron chi connectivity index (χ3n) is 3.58. The van der Waals surface area contributed by atoms with Gasteiger partial charge in [0.2, 0.25) is 0 Å². The maximum absolute atomic E-state index is 12.5. The number of nitrogens with zero attached hydrogens (tertiary/aromatic N) is 1. The van der Waals surface area contributed by atoms with E-state index < -0.39 is 5.60 Å². The predicted molar refractivity (Wildman–Crippen MR) is 77.8 cm³/mol. The molecule has 2 rings (SSSR count). The molecule has 1 amide bonds. The first-order valence-corrected chi connectivity index (χ1v) is 7.12. The number of carbonyl (C=O) groups is 1. The van der Waals surface area contributed by atoms with E-state index in [0.29, 0.717) is 18.7 Å². The van der Waals surface area contributed by atoms with Crippen molar-refractivity contribution in [2.75, 3.05) is 19.7 Å². The molecule has 1 saturated heterocycles. The van der Waals surface area contributed by atoms with Gasteiger partial charge >= 0.3 is 0 Å². The van der Waals surface area contributed by atoms with Gasteiger partial charge in [0.1, 0.15) is 0 Å². The van der Waals surface area contributed by atoms with Gasteiger partial charge in [0.05, 0.1) is 18.3 Å². The summed E-state index contributed by atoms with van der Waals surface area (Å²) in [5.74, 6) is 0.00229. The van der Waals surface area contributed by atoms with Gasteiger partial charge in [-0.2, -0.15) is 0 Å². The zero-order chi connectivity index (χ0) is 14.8. The van der Waals surface area contributed by atoms with E-state index in [0.717, 1.165) is 6.42 Å². The zero-order valence-electron chi connectivity index (χ0n) is 12.4. The van der Waals surface area contributed by atoms with Gasteiger partial charge in [0, 0.05) is 18.7 Å². The molecule has 1 aliphatic heterocycles. The highest BCUT2D eigenvalue weighted by molar-refractivity contribution is 5.94. The number of ether oxygens (including phenoxy) is 1. The quantitative estimate of drug-likeness (QED) is 0.917. The van der Waals surface area contributed by atoms with E-state index in [-0.39, 0.29) is 18.6 Å². The average molecular weight is 277 g/mol. The van der Waals surface area contributed by atoms with Crippen molar-refractivity contribution in [1.29, 1.82) is 0 Å². The normalized spacial score (nSPS) is 21.8. The Balaban J connectivity index is 2.14. The van der Waals surface area contributed by atoms with E-state index in [1.165, 1.54) is 5.56 Å². The van der Waals surface area contributed by atoms with Crippen LogP contribution < -0.4 is 0 Å². The van der Waals surface area contributed by atoms with Crippen molar-refractivity contribution in [2.24, 2.45) is 0 Å². The van der Waals surface area contributed by atoms with E-state index in [1.54, 1.807) is 4.90 Å². The molecule has 0 aliphatic carbocycles. The van der Waals surface area contributed by atoms with Crippen molar-refractivity contribution in [3.8, 4) is 0 Å². The van der Waals surface area contributed by atoms with E-state index in [1.807, 2.05) is 38.1 Å². The largest absolute Gasteiger partial charge is 0.394 e. The fourth-order valence-electron chi connectivity index (χ4n) is 2.61. The van der Waals surface area contributed by atoms with Crippen LogP contribution in [0.1, 0.15) is 36.7 Å². The number of morpholine rings is 1. The summed E-state index contributed by atoms with van der Waals surface area (Å²) in [6.07, 6.45) is 0.656.